The molecule has 2 N–H and O–H groups in total. The topological polar surface area (TPSA) is 78.0 Å². The molecule has 0 spiro atoms. The van der Waals surface area contributed by atoms with Gasteiger partial charge in [0.25, 0.3) is 0 Å². The van der Waals surface area contributed by atoms with Crippen molar-refractivity contribution in [3.8, 4) is 0 Å². The first-order chi connectivity index (χ1) is 13.1. The van der Waals surface area contributed by atoms with E-state index in [1.807, 2.05) is 0 Å². The van der Waals surface area contributed by atoms with Crippen molar-refractivity contribution in [1.82, 2.24) is 9.55 Å². The fourth-order valence-corrected chi connectivity index (χ4v) is 4.20. The van der Waals surface area contributed by atoms with E-state index < -0.39 is 50.4 Å². The molecule has 1 heterocycles. The van der Waals surface area contributed by atoms with Crippen molar-refractivity contribution in [2.75, 3.05) is 0 Å². The maximum atomic E-state index is 13.8. The molecule has 0 unspecified atom stereocenters. The molecule has 1 aromatic heterocycles. The maximum absolute atomic E-state index is 13.8. The first-order valence-electron chi connectivity index (χ1n) is 7.72. The van der Waals surface area contributed by atoms with Crippen LogP contribution < -0.4 is 5.14 Å². The van der Waals surface area contributed by atoms with Gasteiger partial charge in [-0.15, -0.1) is 0 Å². The summed E-state index contributed by atoms with van der Waals surface area (Å²) in [7, 11) is -3.96. The summed E-state index contributed by atoms with van der Waals surface area (Å²) in [5, 5.41) is 5.30. The number of aryl methyl sites for hydroxylation is 1. The number of nitrogens with zero attached hydrogens (tertiary/aromatic N) is 2. The van der Waals surface area contributed by atoms with Gasteiger partial charge in [-0.3, -0.25) is 0 Å². The van der Waals surface area contributed by atoms with Crippen molar-refractivity contribution in [2.45, 2.75) is 29.3 Å². The lowest BCUT2D eigenvalue weighted by Crippen LogP contribution is -2.11. The Morgan fingerprint density at radius 1 is 1.04 bits per heavy atom. The SMILES string of the molecule is CCn1c(SCc2c(F)c(F)c(F)c(F)c2F)nc2cc(S(N)(=O)=O)ccc21. The van der Waals surface area contributed by atoms with Gasteiger partial charge in [0.2, 0.25) is 15.8 Å². The van der Waals surface area contributed by atoms with Crippen LogP contribution in [0.5, 0.6) is 0 Å². The highest BCUT2D eigenvalue weighted by molar-refractivity contribution is 7.98. The summed E-state index contributed by atoms with van der Waals surface area (Å²) in [6.45, 7) is 2.11. The van der Waals surface area contributed by atoms with Crippen LogP contribution in [0.3, 0.4) is 0 Å². The minimum atomic E-state index is -3.96. The minimum absolute atomic E-state index is 0.169. The molecule has 0 radical (unpaired) electrons. The van der Waals surface area contributed by atoms with Gasteiger partial charge in [-0.1, -0.05) is 11.8 Å². The van der Waals surface area contributed by atoms with Crippen LogP contribution in [0.4, 0.5) is 22.0 Å². The lowest BCUT2D eigenvalue weighted by Gasteiger charge is -2.09. The Morgan fingerprint density at radius 2 is 1.61 bits per heavy atom. The van der Waals surface area contributed by atoms with Crippen molar-refractivity contribution >= 4 is 32.8 Å². The van der Waals surface area contributed by atoms with E-state index in [2.05, 4.69) is 4.98 Å². The number of nitrogens with two attached hydrogens (primary N) is 1. The number of rotatable bonds is 5. The van der Waals surface area contributed by atoms with Crippen LogP contribution in [0.2, 0.25) is 0 Å². The molecular formula is C16H12F5N3O2S2. The van der Waals surface area contributed by atoms with Crippen LogP contribution in [0.25, 0.3) is 11.0 Å². The van der Waals surface area contributed by atoms with E-state index in [9.17, 15) is 30.4 Å². The quantitative estimate of drug-likeness (QED) is 0.286. The van der Waals surface area contributed by atoms with Crippen molar-refractivity contribution < 1.29 is 30.4 Å². The molecule has 2 aromatic carbocycles. The first kappa shape index (κ1) is 20.6. The monoisotopic (exact) mass is 437 g/mol. The Kier molecular flexibility index (Phi) is 5.38. The summed E-state index contributed by atoms with van der Waals surface area (Å²) < 4.78 is 92.0. The summed E-state index contributed by atoms with van der Waals surface area (Å²) in [5.74, 6) is -10.6. The van der Waals surface area contributed by atoms with E-state index in [1.165, 1.54) is 18.2 Å². The zero-order valence-electron chi connectivity index (χ0n) is 14.1. The number of aromatic nitrogens is 2. The third-order valence-electron chi connectivity index (χ3n) is 3.98. The first-order valence-corrected chi connectivity index (χ1v) is 10.3. The number of primary sulfonamides is 1. The predicted octanol–water partition coefficient (Wildman–Crippen LogP) is 3.69. The van der Waals surface area contributed by atoms with Crippen molar-refractivity contribution in [1.29, 1.82) is 0 Å². The number of benzene rings is 2. The highest BCUT2D eigenvalue weighted by Gasteiger charge is 2.26. The fraction of sp³-hybridized carbons (Fsp3) is 0.188. The number of sulfonamides is 1. The summed E-state index contributed by atoms with van der Waals surface area (Å²) >= 11 is 0.751. The van der Waals surface area contributed by atoms with E-state index in [4.69, 9.17) is 5.14 Å². The zero-order valence-corrected chi connectivity index (χ0v) is 15.8. The molecule has 0 bridgehead atoms. The lowest BCUT2D eigenvalue weighted by molar-refractivity contribution is 0.372. The third kappa shape index (κ3) is 3.47. The smallest absolute Gasteiger partial charge is 0.238 e. The summed E-state index contributed by atoms with van der Waals surface area (Å²) in [6.07, 6.45) is 0. The molecule has 28 heavy (non-hydrogen) atoms. The lowest BCUT2D eigenvalue weighted by atomic mass is 10.2. The van der Waals surface area contributed by atoms with Crippen molar-refractivity contribution in [3.63, 3.8) is 0 Å². The molecule has 3 aromatic rings. The Labute approximate surface area is 160 Å². The maximum Gasteiger partial charge on any atom is 0.238 e. The van der Waals surface area contributed by atoms with E-state index in [0.717, 1.165) is 11.8 Å². The highest BCUT2D eigenvalue weighted by Crippen LogP contribution is 2.31. The number of imidazole rings is 1. The van der Waals surface area contributed by atoms with Crippen molar-refractivity contribution in [2.24, 2.45) is 5.14 Å². The molecule has 0 aliphatic carbocycles. The van der Waals surface area contributed by atoms with E-state index in [1.54, 1.807) is 11.5 Å². The second-order valence-electron chi connectivity index (χ2n) is 5.67. The van der Waals surface area contributed by atoms with E-state index in [-0.39, 0.29) is 15.6 Å². The number of fused-ring (bicyclic) bond motifs is 1. The van der Waals surface area contributed by atoms with Gasteiger partial charge in [0.1, 0.15) is 0 Å². The van der Waals surface area contributed by atoms with Crippen LogP contribution in [0.1, 0.15) is 12.5 Å². The molecule has 0 aliphatic rings. The van der Waals surface area contributed by atoms with Gasteiger partial charge in [0, 0.05) is 17.9 Å². The molecule has 0 amide bonds. The second kappa shape index (κ2) is 7.33. The van der Waals surface area contributed by atoms with Crippen LogP contribution in [-0.4, -0.2) is 18.0 Å². The molecule has 0 atom stereocenters. The van der Waals surface area contributed by atoms with Gasteiger partial charge >= 0.3 is 0 Å². The number of thioether (sulfide) groups is 1. The molecule has 12 heteroatoms. The van der Waals surface area contributed by atoms with Gasteiger partial charge in [-0.2, -0.15) is 0 Å². The average molecular weight is 437 g/mol. The fourth-order valence-electron chi connectivity index (χ4n) is 2.59. The average Bonchev–Trinajstić information content (AvgIpc) is 3.00. The molecule has 150 valence electrons. The molecular weight excluding hydrogens is 425 g/mol. The number of hydrogen-bond donors (Lipinski definition) is 1. The number of hydrogen-bond acceptors (Lipinski definition) is 4. The number of halogens is 5. The zero-order chi connectivity index (χ0) is 20.8. The van der Waals surface area contributed by atoms with Crippen LogP contribution in [0, 0.1) is 29.1 Å². The Bertz CT molecular complexity index is 1170. The standard InChI is InChI=1S/C16H12F5N3O2S2/c1-2-24-10-4-3-7(28(22,25)26)5-9(10)23-16(24)27-6-8-11(17)13(19)15(21)14(20)12(8)18/h3-5H,2,6H2,1H3,(H2,22,25,26). The predicted molar refractivity (Wildman–Crippen MR) is 92.6 cm³/mol. The third-order valence-corrected chi connectivity index (χ3v) is 5.89. The van der Waals surface area contributed by atoms with Crippen LogP contribution in [0.15, 0.2) is 28.3 Å². The second-order valence-corrected chi connectivity index (χ2v) is 8.18. The van der Waals surface area contributed by atoms with Crippen LogP contribution in [-0.2, 0) is 22.3 Å². The Hall–Kier alpha value is -2.18. The highest BCUT2D eigenvalue weighted by atomic mass is 32.2. The Balaban J connectivity index is 2.02. The molecule has 5 nitrogen and oxygen atoms in total. The van der Waals surface area contributed by atoms with Gasteiger partial charge in [-0.25, -0.2) is 40.5 Å². The summed E-state index contributed by atoms with van der Waals surface area (Å²) in [6, 6.07) is 3.98. The molecule has 0 saturated heterocycles. The largest absolute Gasteiger partial charge is 0.319 e. The van der Waals surface area contributed by atoms with Crippen molar-refractivity contribution in [3.05, 3.63) is 52.8 Å². The minimum Gasteiger partial charge on any atom is -0.319 e. The van der Waals surface area contributed by atoms with Gasteiger partial charge in [0.05, 0.1) is 15.9 Å². The van der Waals surface area contributed by atoms with Gasteiger partial charge in [0.15, 0.2) is 28.4 Å². The van der Waals surface area contributed by atoms with Crippen LogP contribution >= 0.6 is 11.8 Å². The molecule has 0 fully saturated rings. The summed E-state index contributed by atoms with van der Waals surface area (Å²) in [5.41, 5.74) is -0.190. The molecule has 0 saturated carbocycles. The van der Waals surface area contributed by atoms with E-state index >= 15 is 0 Å². The summed E-state index contributed by atoms with van der Waals surface area (Å²) in [4.78, 5) is 4.02. The molecule has 3 rings (SSSR count). The Morgan fingerprint density at radius 3 is 2.14 bits per heavy atom. The normalized spacial score (nSPS) is 12.1. The van der Waals surface area contributed by atoms with Gasteiger partial charge in [-0.05, 0) is 25.1 Å². The van der Waals surface area contributed by atoms with Gasteiger partial charge < -0.3 is 4.57 Å². The molecule has 0 aliphatic heterocycles. The van der Waals surface area contributed by atoms with E-state index in [0.29, 0.717) is 12.1 Å².